The molecule has 9 nitrogen and oxygen atoms in total. The highest BCUT2D eigenvalue weighted by atomic mass is 19.1. The number of fused-ring (bicyclic) bond motifs is 1. The molecule has 0 unspecified atom stereocenters. The number of carbonyl (C=O) groups excluding carboxylic acids is 2. The maximum Gasteiger partial charge on any atom is 0.378 e. The van der Waals surface area contributed by atoms with Crippen molar-refractivity contribution in [2.75, 3.05) is 24.9 Å². The molecule has 1 aromatic heterocycles. The van der Waals surface area contributed by atoms with E-state index in [0.717, 1.165) is 0 Å². The molecule has 0 fully saturated rings. The fourth-order valence-corrected chi connectivity index (χ4v) is 3.51. The van der Waals surface area contributed by atoms with Crippen molar-refractivity contribution in [2.45, 2.75) is 13.0 Å². The molecular formula is C22H20FN5O4. The summed E-state index contributed by atoms with van der Waals surface area (Å²) in [5.74, 6) is -0.973. The van der Waals surface area contributed by atoms with Crippen LogP contribution in [0.5, 0.6) is 5.75 Å². The number of methoxy groups -OCH3 is 2. The minimum atomic E-state index is -0.771. The first-order valence-corrected chi connectivity index (χ1v) is 9.65. The maximum absolute atomic E-state index is 13.6. The second-order valence-corrected chi connectivity index (χ2v) is 6.97. The van der Waals surface area contributed by atoms with Gasteiger partial charge in [-0.3, -0.25) is 4.79 Å². The first kappa shape index (κ1) is 21.0. The van der Waals surface area contributed by atoms with E-state index in [4.69, 9.17) is 9.47 Å². The highest BCUT2D eigenvalue weighted by Gasteiger charge is 2.35. The van der Waals surface area contributed by atoms with Crippen LogP contribution in [0.4, 0.5) is 16.0 Å². The molecule has 2 N–H and O–H groups in total. The Hall–Kier alpha value is -4.21. The molecule has 1 aliphatic heterocycles. The lowest BCUT2D eigenvalue weighted by molar-refractivity contribution is -0.113. The summed E-state index contributed by atoms with van der Waals surface area (Å²) in [6.45, 7) is 1.71. The van der Waals surface area contributed by atoms with Gasteiger partial charge in [0.1, 0.15) is 17.6 Å². The number of nitrogens with zero attached hydrogens (tertiary/aromatic N) is 3. The third-order valence-electron chi connectivity index (χ3n) is 5.01. The monoisotopic (exact) mass is 437 g/mol. The number of carbonyl (C=O) groups is 2. The summed E-state index contributed by atoms with van der Waals surface area (Å²) < 4.78 is 25.0. The summed E-state index contributed by atoms with van der Waals surface area (Å²) in [4.78, 5) is 29.6. The highest BCUT2D eigenvalue weighted by Crippen LogP contribution is 2.36. The number of halogens is 1. The van der Waals surface area contributed by atoms with Crippen LogP contribution in [0.15, 0.2) is 59.8 Å². The van der Waals surface area contributed by atoms with Gasteiger partial charge in [-0.25, -0.2) is 13.9 Å². The van der Waals surface area contributed by atoms with Gasteiger partial charge in [-0.1, -0.05) is 24.3 Å². The van der Waals surface area contributed by atoms with E-state index in [0.29, 0.717) is 28.3 Å². The number of aromatic nitrogens is 3. The van der Waals surface area contributed by atoms with Crippen LogP contribution in [0.2, 0.25) is 0 Å². The predicted molar refractivity (Wildman–Crippen MR) is 114 cm³/mol. The normalized spacial score (nSPS) is 14.9. The molecule has 0 saturated carbocycles. The molecule has 0 bridgehead atoms. The third kappa shape index (κ3) is 3.78. The van der Waals surface area contributed by atoms with Crippen molar-refractivity contribution in [3.63, 3.8) is 0 Å². The first-order chi connectivity index (χ1) is 15.4. The molecule has 1 amide bonds. The van der Waals surface area contributed by atoms with Crippen molar-refractivity contribution in [1.82, 2.24) is 14.8 Å². The standard InChI is InChI=1S/C22H20FN5O4/c1-12-17(20(29)25-15-6-4-5-7-16(15)31-2)18(13-8-10-14(23)11-9-13)28-22(24-12)26-19(27-28)21(30)32-3/h4-11,18H,1-3H3,(H,25,29)(H,24,26,27)/t18-/m0/s1. The topological polar surface area (TPSA) is 107 Å². The van der Waals surface area contributed by atoms with E-state index in [1.807, 2.05) is 0 Å². The summed E-state index contributed by atoms with van der Waals surface area (Å²) in [5, 5.41) is 10.1. The largest absolute Gasteiger partial charge is 0.495 e. The van der Waals surface area contributed by atoms with Crippen LogP contribution in [0, 0.1) is 5.82 Å². The maximum atomic E-state index is 13.6. The number of allylic oxidation sites excluding steroid dienone is 1. The molecule has 164 valence electrons. The SMILES string of the molecule is COC(=O)c1nc2n(n1)[C@@H](c1ccc(F)cc1)C(C(=O)Nc1ccccc1OC)=C(C)N2. The van der Waals surface area contributed by atoms with Gasteiger partial charge in [0.05, 0.1) is 25.5 Å². The highest BCUT2D eigenvalue weighted by molar-refractivity contribution is 6.06. The Balaban J connectivity index is 1.80. The number of hydrogen-bond acceptors (Lipinski definition) is 7. The second-order valence-electron chi connectivity index (χ2n) is 6.97. The van der Waals surface area contributed by atoms with Crippen molar-refractivity contribution in [3.8, 4) is 5.75 Å². The number of para-hydroxylation sites is 2. The molecule has 0 radical (unpaired) electrons. The molecule has 32 heavy (non-hydrogen) atoms. The predicted octanol–water partition coefficient (Wildman–Crippen LogP) is 3.14. The number of nitrogens with one attached hydrogen (secondary N) is 2. The average Bonchev–Trinajstić information content (AvgIpc) is 3.22. The molecule has 2 aromatic carbocycles. The Morgan fingerprint density at radius 1 is 1.12 bits per heavy atom. The second kappa shape index (κ2) is 8.50. The van der Waals surface area contributed by atoms with Crippen molar-refractivity contribution in [2.24, 2.45) is 0 Å². The molecule has 1 atom stereocenters. The van der Waals surface area contributed by atoms with Gasteiger partial charge in [-0.2, -0.15) is 4.98 Å². The van der Waals surface area contributed by atoms with Gasteiger partial charge in [-0.15, -0.1) is 5.10 Å². The lowest BCUT2D eigenvalue weighted by atomic mass is 9.95. The molecule has 2 heterocycles. The zero-order chi connectivity index (χ0) is 22.8. The van der Waals surface area contributed by atoms with E-state index >= 15 is 0 Å². The number of amides is 1. The van der Waals surface area contributed by atoms with E-state index in [9.17, 15) is 14.0 Å². The molecule has 0 spiro atoms. The summed E-state index contributed by atoms with van der Waals surface area (Å²) in [7, 11) is 2.73. The number of anilines is 2. The van der Waals surface area contributed by atoms with Crippen molar-refractivity contribution in [3.05, 3.63) is 77.0 Å². The van der Waals surface area contributed by atoms with E-state index in [-0.39, 0.29) is 11.8 Å². The zero-order valence-electron chi connectivity index (χ0n) is 17.5. The molecule has 0 aliphatic carbocycles. The Bertz CT molecular complexity index is 1220. The van der Waals surface area contributed by atoms with Gasteiger partial charge in [-0.05, 0) is 36.8 Å². The van der Waals surface area contributed by atoms with E-state index in [1.54, 1.807) is 43.3 Å². The number of hydrogen-bond donors (Lipinski definition) is 2. The fraction of sp³-hybridized carbons (Fsp3) is 0.182. The average molecular weight is 437 g/mol. The van der Waals surface area contributed by atoms with Crippen molar-refractivity contribution >= 4 is 23.5 Å². The molecule has 10 heteroatoms. The molecule has 4 rings (SSSR count). The van der Waals surface area contributed by atoms with Crippen LogP contribution in [0.3, 0.4) is 0 Å². The Kier molecular flexibility index (Phi) is 5.59. The lowest BCUT2D eigenvalue weighted by Gasteiger charge is -2.28. The number of ether oxygens (including phenoxy) is 2. The van der Waals surface area contributed by atoms with Crippen LogP contribution in [-0.4, -0.2) is 40.9 Å². The quantitative estimate of drug-likeness (QED) is 0.591. The third-order valence-corrected chi connectivity index (χ3v) is 5.01. The summed E-state index contributed by atoms with van der Waals surface area (Å²) in [5.41, 5.74) is 1.89. The summed E-state index contributed by atoms with van der Waals surface area (Å²) >= 11 is 0. The van der Waals surface area contributed by atoms with Gasteiger partial charge in [0.25, 0.3) is 11.7 Å². The van der Waals surface area contributed by atoms with Crippen molar-refractivity contribution in [1.29, 1.82) is 0 Å². The van der Waals surface area contributed by atoms with Crippen molar-refractivity contribution < 1.29 is 23.5 Å². The number of rotatable bonds is 5. The minimum Gasteiger partial charge on any atom is -0.495 e. The first-order valence-electron chi connectivity index (χ1n) is 9.65. The Morgan fingerprint density at radius 2 is 1.84 bits per heavy atom. The minimum absolute atomic E-state index is 0.165. The number of esters is 1. The van der Waals surface area contributed by atoms with Gasteiger partial charge in [0.2, 0.25) is 5.95 Å². The van der Waals surface area contributed by atoms with E-state index in [1.165, 1.54) is 31.0 Å². The van der Waals surface area contributed by atoms with Gasteiger partial charge in [0.15, 0.2) is 0 Å². The zero-order valence-corrected chi connectivity index (χ0v) is 17.5. The molecular weight excluding hydrogens is 417 g/mol. The van der Waals surface area contributed by atoms with Gasteiger partial charge >= 0.3 is 5.97 Å². The van der Waals surface area contributed by atoms with Gasteiger partial charge in [0, 0.05) is 5.70 Å². The molecule has 0 saturated heterocycles. The van der Waals surface area contributed by atoms with Crippen LogP contribution >= 0.6 is 0 Å². The van der Waals surface area contributed by atoms with Crippen LogP contribution in [0.1, 0.15) is 29.1 Å². The Morgan fingerprint density at radius 3 is 2.53 bits per heavy atom. The van der Waals surface area contributed by atoms with E-state index in [2.05, 4.69) is 20.7 Å². The number of benzene rings is 2. The molecule has 1 aliphatic rings. The summed E-state index contributed by atoms with van der Waals surface area (Å²) in [6.07, 6.45) is 0. The van der Waals surface area contributed by atoms with Gasteiger partial charge < -0.3 is 20.1 Å². The smallest absolute Gasteiger partial charge is 0.378 e. The molecule has 3 aromatic rings. The lowest BCUT2D eigenvalue weighted by Crippen LogP contribution is -2.31. The van der Waals surface area contributed by atoms with E-state index < -0.39 is 23.7 Å². The van der Waals surface area contributed by atoms with Crippen LogP contribution < -0.4 is 15.4 Å². The Labute approximate surface area is 182 Å². The van der Waals surface area contributed by atoms with Crippen LogP contribution in [-0.2, 0) is 9.53 Å². The summed E-state index contributed by atoms with van der Waals surface area (Å²) in [6, 6.07) is 11.9. The van der Waals surface area contributed by atoms with Crippen LogP contribution in [0.25, 0.3) is 0 Å². The fourth-order valence-electron chi connectivity index (χ4n) is 3.51.